The number of methoxy groups -OCH3 is 2. The molecule has 0 aromatic heterocycles. The summed E-state index contributed by atoms with van der Waals surface area (Å²) in [5, 5.41) is 8.47. The molecule has 0 saturated heterocycles. The number of rotatable bonds is 8. The lowest BCUT2D eigenvalue weighted by atomic mass is 10.1. The number of primary sulfonamides is 1. The summed E-state index contributed by atoms with van der Waals surface area (Å²) in [6, 6.07) is 5.22. The van der Waals surface area contributed by atoms with Crippen LogP contribution in [0.3, 0.4) is 0 Å². The fourth-order valence-electron chi connectivity index (χ4n) is 1.90. The number of nitrogens with one attached hydrogen (secondary N) is 1. The Labute approximate surface area is 120 Å². The van der Waals surface area contributed by atoms with Crippen LogP contribution >= 0.6 is 0 Å². The molecule has 1 rings (SSSR count). The van der Waals surface area contributed by atoms with Crippen LogP contribution < -0.4 is 15.2 Å². The lowest BCUT2D eigenvalue weighted by Gasteiger charge is -2.15. The SMILES string of the molecule is COCCN[C@H](C)Cc1ccc(OC)c(S(N)(=O)=O)c1. The Balaban J connectivity index is 2.82. The Hall–Kier alpha value is -1.15. The molecule has 0 spiro atoms. The Bertz CT molecular complexity index is 531. The number of nitrogens with two attached hydrogens (primary N) is 1. The average Bonchev–Trinajstić information content (AvgIpc) is 2.38. The van der Waals surface area contributed by atoms with Gasteiger partial charge in [0.2, 0.25) is 10.0 Å². The van der Waals surface area contributed by atoms with Gasteiger partial charge < -0.3 is 14.8 Å². The minimum absolute atomic E-state index is 0.0154. The highest BCUT2D eigenvalue weighted by Gasteiger charge is 2.16. The maximum Gasteiger partial charge on any atom is 0.241 e. The summed E-state index contributed by atoms with van der Waals surface area (Å²) in [4.78, 5) is 0.0154. The summed E-state index contributed by atoms with van der Waals surface area (Å²) in [6.07, 6.45) is 0.691. The second kappa shape index (κ2) is 7.58. The first-order valence-corrected chi connectivity index (χ1v) is 7.85. The number of sulfonamides is 1. The van der Waals surface area contributed by atoms with Gasteiger partial charge in [0.1, 0.15) is 10.6 Å². The molecule has 0 saturated carbocycles. The quantitative estimate of drug-likeness (QED) is 0.683. The molecular formula is C13H22N2O4S. The monoisotopic (exact) mass is 302 g/mol. The molecule has 0 amide bonds. The van der Waals surface area contributed by atoms with Crippen LogP contribution in [0, 0.1) is 0 Å². The third-order valence-corrected chi connectivity index (χ3v) is 3.81. The molecule has 1 aromatic rings. The standard InChI is InChI=1S/C13H22N2O4S/c1-10(15-6-7-18-2)8-11-4-5-12(19-3)13(9-11)20(14,16)17/h4-5,9-10,15H,6-8H2,1-3H3,(H2,14,16,17)/t10-/m1/s1. The van der Waals surface area contributed by atoms with Gasteiger partial charge in [-0.25, -0.2) is 13.6 Å². The summed E-state index contributed by atoms with van der Waals surface area (Å²) in [7, 11) is -0.728. The van der Waals surface area contributed by atoms with Gasteiger partial charge in [-0.1, -0.05) is 6.07 Å². The third-order valence-electron chi connectivity index (χ3n) is 2.88. The molecule has 114 valence electrons. The summed E-state index contributed by atoms with van der Waals surface area (Å²) >= 11 is 0. The molecule has 1 aromatic carbocycles. The van der Waals surface area contributed by atoms with Crippen molar-refractivity contribution in [2.45, 2.75) is 24.3 Å². The van der Waals surface area contributed by atoms with E-state index in [9.17, 15) is 8.42 Å². The molecule has 0 fully saturated rings. The molecule has 0 radical (unpaired) electrons. The van der Waals surface area contributed by atoms with Crippen LogP contribution in [0.1, 0.15) is 12.5 Å². The smallest absolute Gasteiger partial charge is 0.241 e. The molecule has 0 aliphatic heterocycles. The van der Waals surface area contributed by atoms with Crippen LogP contribution in [0.25, 0.3) is 0 Å². The summed E-state index contributed by atoms with van der Waals surface area (Å²) in [5.41, 5.74) is 0.882. The largest absolute Gasteiger partial charge is 0.495 e. The molecule has 6 nitrogen and oxygen atoms in total. The Morgan fingerprint density at radius 3 is 2.60 bits per heavy atom. The minimum atomic E-state index is -3.79. The van der Waals surface area contributed by atoms with Crippen molar-refractivity contribution in [2.24, 2.45) is 5.14 Å². The maximum absolute atomic E-state index is 11.5. The molecular weight excluding hydrogens is 280 g/mol. The van der Waals surface area contributed by atoms with Crippen LogP contribution in [0.5, 0.6) is 5.75 Å². The summed E-state index contributed by atoms with van der Waals surface area (Å²) < 4.78 is 33.0. The van der Waals surface area contributed by atoms with Crippen molar-refractivity contribution in [3.05, 3.63) is 23.8 Å². The van der Waals surface area contributed by atoms with Gasteiger partial charge in [-0.2, -0.15) is 0 Å². The van der Waals surface area contributed by atoms with E-state index in [1.54, 1.807) is 19.2 Å². The van der Waals surface area contributed by atoms with Crippen molar-refractivity contribution in [1.29, 1.82) is 0 Å². The van der Waals surface area contributed by atoms with Crippen LogP contribution in [0.2, 0.25) is 0 Å². The first kappa shape index (κ1) is 16.9. The van der Waals surface area contributed by atoms with E-state index in [1.165, 1.54) is 7.11 Å². The van der Waals surface area contributed by atoms with Gasteiger partial charge in [0, 0.05) is 19.7 Å². The van der Waals surface area contributed by atoms with E-state index >= 15 is 0 Å². The van der Waals surface area contributed by atoms with Crippen LogP contribution in [0.15, 0.2) is 23.1 Å². The van der Waals surface area contributed by atoms with Gasteiger partial charge in [0.25, 0.3) is 0 Å². The number of hydrogen-bond acceptors (Lipinski definition) is 5. The Morgan fingerprint density at radius 1 is 1.35 bits per heavy atom. The molecule has 7 heteroatoms. The van der Waals surface area contributed by atoms with Crippen molar-refractivity contribution in [1.82, 2.24) is 5.32 Å². The van der Waals surface area contributed by atoms with E-state index in [-0.39, 0.29) is 16.7 Å². The molecule has 3 N–H and O–H groups in total. The van der Waals surface area contributed by atoms with E-state index in [2.05, 4.69) is 5.32 Å². The van der Waals surface area contributed by atoms with E-state index in [0.29, 0.717) is 13.0 Å². The fourth-order valence-corrected chi connectivity index (χ4v) is 2.65. The topological polar surface area (TPSA) is 90.7 Å². The molecule has 0 heterocycles. The minimum Gasteiger partial charge on any atom is -0.495 e. The zero-order valence-corrected chi connectivity index (χ0v) is 12.9. The van der Waals surface area contributed by atoms with Gasteiger partial charge in [-0.05, 0) is 31.0 Å². The molecule has 0 aliphatic rings. The lowest BCUT2D eigenvalue weighted by Crippen LogP contribution is -2.31. The fraction of sp³-hybridized carbons (Fsp3) is 0.538. The maximum atomic E-state index is 11.5. The second-order valence-corrected chi connectivity index (χ2v) is 6.11. The molecule has 20 heavy (non-hydrogen) atoms. The molecule has 0 aliphatic carbocycles. The predicted molar refractivity (Wildman–Crippen MR) is 77.4 cm³/mol. The van der Waals surface area contributed by atoms with Gasteiger partial charge in [0.15, 0.2) is 0 Å². The van der Waals surface area contributed by atoms with Gasteiger partial charge in [-0.15, -0.1) is 0 Å². The predicted octanol–water partition coefficient (Wildman–Crippen LogP) is 0.510. The third kappa shape index (κ3) is 5.09. The highest BCUT2D eigenvalue weighted by Crippen LogP contribution is 2.24. The lowest BCUT2D eigenvalue weighted by molar-refractivity contribution is 0.196. The molecule has 0 unspecified atom stereocenters. The van der Waals surface area contributed by atoms with Crippen LogP contribution in [-0.2, 0) is 21.2 Å². The van der Waals surface area contributed by atoms with Gasteiger partial charge >= 0.3 is 0 Å². The van der Waals surface area contributed by atoms with Crippen molar-refractivity contribution in [3.63, 3.8) is 0 Å². The zero-order chi connectivity index (χ0) is 15.2. The second-order valence-electron chi connectivity index (χ2n) is 4.58. The van der Waals surface area contributed by atoms with E-state index in [1.807, 2.05) is 13.0 Å². The Kier molecular flexibility index (Phi) is 6.41. The van der Waals surface area contributed by atoms with E-state index < -0.39 is 10.0 Å². The van der Waals surface area contributed by atoms with Crippen LogP contribution in [-0.4, -0.2) is 41.8 Å². The number of hydrogen-bond donors (Lipinski definition) is 2. The average molecular weight is 302 g/mol. The first-order chi connectivity index (χ1) is 9.38. The molecule has 1 atom stereocenters. The van der Waals surface area contributed by atoms with E-state index in [4.69, 9.17) is 14.6 Å². The summed E-state index contributed by atoms with van der Waals surface area (Å²) in [6.45, 7) is 3.40. The van der Waals surface area contributed by atoms with E-state index in [0.717, 1.165) is 12.1 Å². The first-order valence-electron chi connectivity index (χ1n) is 6.30. The highest BCUT2D eigenvalue weighted by atomic mass is 32.2. The van der Waals surface area contributed by atoms with Crippen molar-refractivity contribution in [2.75, 3.05) is 27.4 Å². The van der Waals surface area contributed by atoms with Crippen LogP contribution in [0.4, 0.5) is 0 Å². The zero-order valence-electron chi connectivity index (χ0n) is 12.0. The number of ether oxygens (including phenoxy) is 2. The Morgan fingerprint density at radius 2 is 2.05 bits per heavy atom. The van der Waals surface area contributed by atoms with Gasteiger partial charge in [0.05, 0.1) is 13.7 Å². The van der Waals surface area contributed by atoms with Crippen molar-refractivity contribution >= 4 is 10.0 Å². The van der Waals surface area contributed by atoms with Crippen molar-refractivity contribution in [3.8, 4) is 5.75 Å². The summed E-state index contributed by atoms with van der Waals surface area (Å²) in [5.74, 6) is 0.260. The normalized spacial score (nSPS) is 13.2. The highest BCUT2D eigenvalue weighted by molar-refractivity contribution is 7.89. The molecule has 0 bridgehead atoms. The number of benzene rings is 1. The van der Waals surface area contributed by atoms with Crippen molar-refractivity contribution < 1.29 is 17.9 Å². The van der Waals surface area contributed by atoms with Gasteiger partial charge in [-0.3, -0.25) is 0 Å².